The standard InChI is InChI=1S/C19H38N4O8/c1-3-7-4-10(24)11(23)18(28-7)30-16-9(22)5-8(21)12(25)17(16)31-19-14(27)13(26)15(29-19)6(2)20/h6-19,24-27H,3-5,20-23H2,1-2H3. The van der Waals surface area contributed by atoms with Crippen LogP contribution in [0.3, 0.4) is 0 Å². The first-order valence-electron chi connectivity index (χ1n) is 10.9. The third-order valence-electron chi connectivity index (χ3n) is 6.47. The molecule has 2 heterocycles. The zero-order valence-electron chi connectivity index (χ0n) is 17.9. The molecule has 3 aliphatic rings. The van der Waals surface area contributed by atoms with E-state index in [-0.39, 0.29) is 12.5 Å². The van der Waals surface area contributed by atoms with Gasteiger partial charge >= 0.3 is 0 Å². The van der Waals surface area contributed by atoms with Gasteiger partial charge in [-0.3, -0.25) is 0 Å². The van der Waals surface area contributed by atoms with E-state index in [9.17, 15) is 20.4 Å². The van der Waals surface area contributed by atoms with Crippen LogP contribution >= 0.6 is 0 Å². The van der Waals surface area contributed by atoms with Gasteiger partial charge in [-0.2, -0.15) is 0 Å². The van der Waals surface area contributed by atoms with Gasteiger partial charge in [-0.05, 0) is 19.8 Å². The Balaban J connectivity index is 1.77. The van der Waals surface area contributed by atoms with Crippen molar-refractivity contribution in [2.24, 2.45) is 22.9 Å². The largest absolute Gasteiger partial charge is 0.391 e. The third-order valence-corrected chi connectivity index (χ3v) is 6.47. The summed E-state index contributed by atoms with van der Waals surface area (Å²) < 4.78 is 23.4. The molecule has 0 spiro atoms. The van der Waals surface area contributed by atoms with E-state index in [4.69, 9.17) is 41.9 Å². The number of hydrogen-bond donors (Lipinski definition) is 8. The molecule has 2 saturated heterocycles. The van der Waals surface area contributed by atoms with Gasteiger partial charge in [0.25, 0.3) is 0 Å². The van der Waals surface area contributed by atoms with Gasteiger partial charge in [0.2, 0.25) is 0 Å². The summed E-state index contributed by atoms with van der Waals surface area (Å²) >= 11 is 0. The molecule has 12 N–H and O–H groups in total. The second-order valence-corrected chi connectivity index (χ2v) is 8.98. The number of aliphatic hydroxyl groups excluding tert-OH is 4. The van der Waals surface area contributed by atoms with Crippen LogP contribution in [0.15, 0.2) is 0 Å². The fourth-order valence-corrected chi connectivity index (χ4v) is 4.46. The predicted molar refractivity (Wildman–Crippen MR) is 108 cm³/mol. The molecule has 14 atom stereocenters. The van der Waals surface area contributed by atoms with E-state index in [0.717, 1.165) is 0 Å². The first-order valence-corrected chi connectivity index (χ1v) is 10.9. The Kier molecular flexibility index (Phi) is 8.27. The summed E-state index contributed by atoms with van der Waals surface area (Å²) in [5.74, 6) is 0. The maximum atomic E-state index is 10.7. The van der Waals surface area contributed by atoms with E-state index in [1.54, 1.807) is 6.92 Å². The van der Waals surface area contributed by atoms with E-state index in [0.29, 0.717) is 12.8 Å². The second kappa shape index (κ2) is 10.2. The lowest BCUT2D eigenvalue weighted by Gasteiger charge is -2.46. The SMILES string of the molecule is CCC1CC(O)C(N)C(OC2C(N)CC(N)C(O)C2OC2OC(C(C)N)C(O)C2O)O1. The average molecular weight is 451 g/mol. The van der Waals surface area contributed by atoms with Crippen LogP contribution in [0.1, 0.15) is 33.1 Å². The van der Waals surface area contributed by atoms with Crippen molar-refractivity contribution in [3.8, 4) is 0 Å². The molecule has 0 bridgehead atoms. The van der Waals surface area contributed by atoms with Gasteiger partial charge in [-0.1, -0.05) is 6.92 Å². The fraction of sp³-hybridized carbons (Fsp3) is 1.00. The van der Waals surface area contributed by atoms with Crippen LogP contribution in [0.2, 0.25) is 0 Å². The van der Waals surface area contributed by atoms with E-state index in [1.807, 2.05) is 6.92 Å². The first kappa shape index (κ1) is 25.1. The van der Waals surface area contributed by atoms with Crippen LogP contribution < -0.4 is 22.9 Å². The Morgan fingerprint density at radius 2 is 1.52 bits per heavy atom. The number of hydrogen-bond acceptors (Lipinski definition) is 12. The van der Waals surface area contributed by atoms with Crippen molar-refractivity contribution in [1.29, 1.82) is 0 Å². The Bertz CT molecular complexity index is 589. The van der Waals surface area contributed by atoms with Crippen LogP contribution in [0.4, 0.5) is 0 Å². The van der Waals surface area contributed by atoms with Gasteiger partial charge < -0.3 is 62.3 Å². The maximum Gasteiger partial charge on any atom is 0.187 e. The summed E-state index contributed by atoms with van der Waals surface area (Å²) in [5, 5.41) is 41.6. The minimum atomic E-state index is -1.39. The zero-order valence-corrected chi connectivity index (χ0v) is 17.9. The van der Waals surface area contributed by atoms with Gasteiger partial charge in [0.1, 0.15) is 30.5 Å². The van der Waals surface area contributed by atoms with Gasteiger partial charge in [0, 0.05) is 24.5 Å². The number of nitrogens with two attached hydrogens (primary N) is 4. The molecule has 2 aliphatic heterocycles. The number of aliphatic hydroxyl groups is 4. The smallest absolute Gasteiger partial charge is 0.187 e. The van der Waals surface area contributed by atoms with Crippen LogP contribution in [0.5, 0.6) is 0 Å². The quantitative estimate of drug-likeness (QED) is 0.195. The lowest BCUT2D eigenvalue weighted by atomic mass is 9.84. The molecule has 12 heteroatoms. The molecule has 0 aromatic heterocycles. The first-order chi connectivity index (χ1) is 14.5. The van der Waals surface area contributed by atoms with Crippen LogP contribution in [0, 0.1) is 0 Å². The topological polar surface area (TPSA) is 222 Å². The third kappa shape index (κ3) is 5.21. The van der Waals surface area contributed by atoms with Crippen molar-refractivity contribution in [2.75, 3.05) is 0 Å². The summed E-state index contributed by atoms with van der Waals surface area (Å²) in [7, 11) is 0. The van der Waals surface area contributed by atoms with E-state index in [2.05, 4.69) is 0 Å². The molecule has 0 aromatic rings. The van der Waals surface area contributed by atoms with Crippen LogP contribution in [0.25, 0.3) is 0 Å². The highest BCUT2D eigenvalue weighted by atomic mass is 16.7. The molecule has 1 aliphatic carbocycles. The van der Waals surface area contributed by atoms with Crippen LogP contribution in [-0.4, -0.2) is 106 Å². The normalized spacial score (nSPS) is 52.3. The van der Waals surface area contributed by atoms with Crippen LogP contribution in [-0.2, 0) is 18.9 Å². The lowest BCUT2D eigenvalue weighted by molar-refractivity contribution is -0.294. The lowest BCUT2D eigenvalue weighted by Crippen LogP contribution is -2.66. The van der Waals surface area contributed by atoms with Crippen molar-refractivity contribution in [1.82, 2.24) is 0 Å². The highest BCUT2D eigenvalue weighted by Gasteiger charge is 2.51. The Morgan fingerprint density at radius 1 is 0.871 bits per heavy atom. The molecule has 31 heavy (non-hydrogen) atoms. The monoisotopic (exact) mass is 450 g/mol. The predicted octanol–water partition coefficient (Wildman–Crippen LogP) is -3.82. The maximum absolute atomic E-state index is 10.7. The summed E-state index contributed by atoms with van der Waals surface area (Å²) in [5.41, 5.74) is 24.2. The Morgan fingerprint density at radius 3 is 2.10 bits per heavy atom. The van der Waals surface area contributed by atoms with Gasteiger partial charge in [-0.25, -0.2) is 0 Å². The minimum Gasteiger partial charge on any atom is -0.391 e. The minimum absolute atomic E-state index is 0.243. The summed E-state index contributed by atoms with van der Waals surface area (Å²) in [6.45, 7) is 3.55. The molecule has 12 nitrogen and oxygen atoms in total. The molecule has 1 saturated carbocycles. The molecule has 0 radical (unpaired) electrons. The number of rotatable bonds is 6. The van der Waals surface area contributed by atoms with E-state index in [1.165, 1.54) is 0 Å². The van der Waals surface area contributed by atoms with Gasteiger partial charge in [-0.15, -0.1) is 0 Å². The Hall–Kier alpha value is -0.480. The van der Waals surface area contributed by atoms with Crippen molar-refractivity contribution < 1.29 is 39.4 Å². The molecule has 0 amide bonds. The molecule has 3 rings (SSSR count). The summed E-state index contributed by atoms with van der Waals surface area (Å²) in [6, 6.07) is -2.73. The molecule has 14 unspecified atom stereocenters. The number of ether oxygens (including phenoxy) is 4. The van der Waals surface area contributed by atoms with Gasteiger partial charge in [0.05, 0.1) is 24.4 Å². The van der Waals surface area contributed by atoms with Crippen molar-refractivity contribution in [3.63, 3.8) is 0 Å². The molecular formula is C19H38N4O8. The van der Waals surface area contributed by atoms with Crippen molar-refractivity contribution in [2.45, 2.75) is 119 Å². The van der Waals surface area contributed by atoms with E-state index >= 15 is 0 Å². The molecule has 0 aromatic carbocycles. The zero-order chi connectivity index (χ0) is 23.0. The highest BCUT2D eigenvalue weighted by molar-refractivity contribution is 5.01. The summed E-state index contributed by atoms with van der Waals surface area (Å²) in [6.07, 6.45) is -8.75. The Labute approximate surface area is 181 Å². The average Bonchev–Trinajstić information content (AvgIpc) is 3.00. The highest BCUT2D eigenvalue weighted by Crippen LogP contribution is 2.32. The summed E-state index contributed by atoms with van der Waals surface area (Å²) in [4.78, 5) is 0. The van der Waals surface area contributed by atoms with E-state index < -0.39 is 79.5 Å². The fourth-order valence-electron chi connectivity index (χ4n) is 4.46. The second-order valence-electron chi connectivity index (χ2n) is 8.98. The van der Waals surface area contributed by atoms with Gasteiger partial charge in [0.15, 0.2) is 12.6 Å². The van der Waals surface area contributed by atoms with Crippen molar-refractivity contribution >= 4 is 0 Å². The van der Waals surface area contributed by atoms with Crippen molar-refractivity contribution in [3.05, 3.63) is 0 Å². The molecular weight excluding hydrogens is 412 g/mol. The molecule has 182 valence electrons. The molecule has 3 fully saturated rings.